The smallest absolute Gasteiger partial charge is 0.222 e. The van der Waals surface area contributed by atoms with Crippen molar-refractivity contribution >= 4 is 5.91 Å². The highest BCUT2D eigenvalue weighted by molar-refractivity contribution is 5.77. The van der Waals surface area contributed by atoms with Gasteiger partial charge in [-0.2, -0.15) is 0 Å². The number of rotatable bonds is 4. The minimum Gasteiger partial charge on any atom is -0.369 e. The summed E-state index contributed by atoms with van der Waals surface area (Å²) in [7, 11) is 0. The van der Waals surface area contributed by atoms with Crippen LogP contribution in [0.25, 0.3) is 0 Å². The molecular weight excluding hydrogens is 183 g/mol. The van der Waals surface area contributed by atoms with E-state index in [1.165, 1.54) is 6.07 Å². The van der Waals surface area contributed by atoms with E-state index in [9.17, 15) is 9.18 Å². The van der Waals surface area contributed by atoms with Crippen molar-refractivity contribution in [3.8, 4) is 0 Å². The molecule has 1 aromatic rings. The fraction of sp³-hybridized carbons (Fsp3) is 0.300. The van der Waals surface area contributed by atoms with Crippen LogP contribution in [0.1, 0.15) is 5.56 Å². The summed E-state index contributed by atoms with van der Waals surface area (Å²) in [6.07, 6.45) is 0.262. The Morgan fingerprint density at radius 3 is 2.57 bits per heavy atom. The van der Waals surface area contributed by atoms with Gasteiger partial charge >= 0.3 is 0 Å². The van der Waals surface area contributed by atoms with E-state index in [1.807, 2.05) is 0 Å². The molecular formula is C10H13FN2O. The van der Waals surface area contributed by atoms with Crippen LogP contribution in [0, 0.1) is 11.7 Å². The Morgan fingerprint density at radius 2 is 2.07 bits per heavy atom. The molecule has 0 spiro atoms. The summed E-state index contributed by atoms with van der Waals surface area (Å²) in [5.74, 6) is -1.31. The maximum absolute atomic E-state index is 13.2. The van der Waals surface area contributed by atoms with Crippen molar-refractivity contribution in [1.82, 2.24) is 0 Å². The highest BCUT2D eigenvalue weighted by Gasteiger charge is 2.15. The van der Waals surface area contributed by atoms with Gasteiger partial charge in [-0.05, 0) is 18.1 Å². The molecule has 0 aliphatic heterocycles. The first kappa shape index (κ1) is 10.7. The van der Waals surface area contributed by atoms with Crippen LogP contribution < -0.4 is 11.5 Å². The molecule has 0 aromatic heterocycles. The van der Waals surface area contributed by atoms with E-state index in [2.05, 4.69) is 0 Å². The lowest BCUT2D eigenvalue weighted by atomic mass is 9.98. The van der Waals surface area contributed by atoms with Crippen molar-refractivity contribution in [2.75, 3.05) is 6.54 Å². The van der Waals surface area contributed by atoms with Gasteiger partial charge in [-0.25, -0.2) is 4.39 Å². The van der Waals surface area contributed by atoms with Crippen LogP contribution in [0.4, 0.5) is 4.39 Å². The second kappa shape index (κ2) is 4.72. The van der Waals surface area contributed by atoms with Gasteiger partial charge in [0, 0.05) is 6.54 Å². The Balaban J connectivity index is 2.77. The second-order valence-electron chi connectivity index (χ2n) is 3.13. The van der Waals surface area contributed by atoms with Crippen molar-refractivity contribution in [2.24, 2.45) is 17.4 Å². The molecule has 3 nitrogen and oxygen atoms in total. The number of primary amides is 1. The third-order valence-corrected chi connectivity index (χ3v) is 2.11. The Kier molecular flexibility index (Phi) is 3.59. The van der Waals surface area contributed by atoms with E-state index in [0.717, 1.165) is 0 Å². The maximum Gasteiger partial charge on any atom is 0.222 e. The monoisotopic (exact) mass is 196 g/mol. The lowest BCUT2D eigenvalue weighted by molar-refractivity contribution is -0.121. The highest BCUT2D eigenvalue weighted by Crippen LogP contribution is 2.11. The number of hydrogen-bond donors (Lipinski definition) is 2. The number of carbonyl (C=O) groups is 1. The van der Waals surface area contributed by atoms with Crippen LogP contribution in [-0.4, -0.2) is 12.5 Å². The lowest BCUT2D eigenvalue weighted by Gasteiger charge is -2.10. The van der Waals surface area contributed by atoms with Crippen molar-refractivity contribution in [1.29, 1.82) is 0 Å². The van der Waals surface area contributed by atoms with Gasteiger partial charge in [0.1, 0.15) is 5.82 Å². The van der Waals surface area contributed by atoms with Gasteiger partial charge in [-0.3, -0.25) is 4.79 Å². The number of amides is 1. The van der Waals surface area contributed by atoms with Gasteiger partial charge in [0.15, 0.2) is 0 Å². The summed E-state index contributed by atoms with van der Waals surface area (Å²) in [5.41, 5.74) is 10.9. The minimum absolute atomic E-state index is 0.143. The maximum atomic E-state index is 13.2. The molecule has 0 heterocycles. The molecule has 4 heteroatoms. The van der Waals surface area contributed by atoms with Gasteiger partial charge in [-0.1, -0.05) is 18.2 Å². The molecule has 0 bridgehead atoms. The molecule has 0 radical (unpaired) electrons. The number of halogens is 1. The largest absolute Gasteiger partial charge is 0.369 e. The van der Waals surface area contributed by atoms with Crippen molar-refractivity contribution < 1.29 is 9.18 Å². The summed E-state index contributed by atoms with van der Waals surface area (Å²) < 4.78 is 13.2. The van der Waals surface area contributed by atoms with E-state index in [0.29, 0.717) is 5.56 Å². The highest BCUT2D eigenvalue weighted by atomic mass is 19.1. The minimum atomic E-state index is -0.494. The van der Waals surface area contributed by atoms with Crippen molar-refractivity contribution in [2.45, 2.75) is 6.42 Å². The van der Waals surface area contributed by atoms with Crippen molar-refractivity contribution in [3.05, 3.63) is 35.6 Å². The fourth-order valence-corrected chi connectivity index (χ4v) is 1.23. The van der Waals surface area contributed by atoms with Crippen LogP contribution in [-0.2, 0) is 11.2 Å². The Hall–Kier alpha value is -1.42. The zero-order valence-corrected chi connectivity index (χ0v) is 7.74. The topological polar surface area (TPSA) is 69.1 Å². The van der Waals surface area contributed by atoms with Crippen LogP contribution in [0.3, 0.4) is 0 Å². The number of carbonyl (C=O) groups excluding carboxylic acids is 1. The van der Waals surface area contributed by atoms with E-state index in [4.69, 9.17) is 11.5 Å². The molecule has 1 unspecified atom stereocenters. The predicted octanol–water partition coefficient (Wildman–Crippen LogP) is 0.428. The summed E-state index contributed by atoms with van der Waals surface area (Å²) in [4.78, 5) is 10.9. The predicted molar refractivity (Wildman–Crippen MR) is 51.8 cm³/mol. The summed E-state index contributed by atoms with van der Waals surface area (Å²) in [6, 6.07) is 6.29. The molecule has 4 N–H and O–H groups in total. The Bertz CT molecular complexity index is 328. The zero-order chi connectivity index (χ0) is 10.6. The van der Waals surface area contributed by atoms with E-state index >= 15 is 0 Å². The first-order valence-corrected chi connectivity index (χ1v) is 4.38. The van der Waals surface area contributed by atoms with Crippen molar-refractivity contribution in [3.63, 3.8) is 0 Å². The average Bonchev–Trinajstić information content (AvgIpc) is 2.16. The Morgan fingerprint density at radius 1 is 1.43 bits per heavy atom. The first-order valence-electron chi connectivity index (χ1n) is 4.38. The molecule has 0 saturated heterocycles. The lowest BCUT2D eigenvalue weighted by Crippen LogP contribution is -2.31. The van der Waals surface area contributed by atoms with E-state index in [1.54, 1.807) is 18.2 Å². The zero-order valence-electron chi connectivity index (χ0n) is 7.74. The molecule has 1 rings (SSSR count). The number of nitrogens with two attached hydrogens (primary N) is 2. The molecule has 0 saturated carbocycles. The molecule has 1 amide bonds. The number of benzene rings is 1. The van der Waals surface area contributed by atoms with E-state index < -0.39 is 11.8 Å². The molecule has 0 fully saturated rings. The Labute approximate surface area is 81.9 Å². The standard InChI is InChI=1S/C10H13FN2O/c11-9-4-2-1-3-7(9)5-8(6-12)10(13)14/h1-4,8H,5-6,12H2,(H2,13,14). The molecule has 0 aliphatic carbocycles. The van der Waals surface area contributed by atoms with Gasteiger partial charge < -0.3 is 11.5 Å². The van der Waals surface area contributed by atoms with Gasteiger partial charge in [0.05, 0.1) is 5.92 Å². The molecule has 1 aromatic carbocycles. The number of hydrogen-bond acceptors (Lipinski definition) is 2. The van der Waals surface area contributed by atoms with Gasteiger partial charge in [-0.15, -0.1) is 0 Å². The average molecular weight is 196 g/mol. The third kappa shape index (κ3) is 2.53. The SMILES string of the molecule is NCC(Cc1ccccc1F)C(N)=O. The molecule has 1 atom stereocenters. The van der Waals surface area contributed by atoms with Crippen LogP contribution in [0.15, 0.2) is 24.3 Å². The van der Waals surface area contributed by atoms with Gasteiger partial charge in [0.25, 0.3) is 0 Å². The molecule has 76 valence electrons. The molecule has 14 heavy (non-hydrogen) atoms. The van der Waals surface area contributed by atoms with Gasteiger partial charge in [0.2, 0.25) is 5.91 Å². The molecule has 0 aliphatic rings. The summed E-state index contributed by atoms with van der Waals surface area (Å²) in [5, 5.41) is 0. The quantitative estimate of drug-likeness (QED) is 0.733. The fourth-order valence-electron chi connectivity index (χ4n) is 1.23. The third-order valence-electron chi connectivity index (χ3n) is 2.11. The van der Waals surface area contributed by atoms with Crippen LogP contribution >= 0.6 is 0 Å². The summed E-state index contributed by atoms with van der Waals surface area (Å²) >= 11 is 0. The van der Waals surface area contributed by atoms with E-state index in [-0.39, 0.29) is 18.8 Å². The second-order valence-corrected chi connectivity index (χ2v) is 3.13. The summed E-state index contributed by atoms with van der Waals surface area (Å²) in [6.45, 7) is 0.143. The normalized spacial score (nSPS) is 12.4. The van der Waals surface area contributed by atoms with Crippen LogP contribution in [0.2, 0.25) is 0 Å². The first-order chi connectivity index (χ1) is 6.65. The van der Waals surface area contributed by atoms with Crippen LogP contribution in [0.5, 0.6) is 0 Å².